The molecule has 18 heavy (non-hydrogen) atoms. The molecule has 1 aromatic carbocycles. The molecule has 3 nitrogen and oxygen atoms in total. The summed E-state index contributed by atoms with van der Waals surface area (Å²) in [7, 11) is 0. The Morgan fingerprint density at radius 1 is 1.33 bits per heavy atom. The summed E-state index contributed by atoms with van der Waals surface area (Å²) in [5.41, 5.74) is -2.79. The number of hydrogen-bond donors (Lipinski definition) is 2. The van der Waals surface area contributed by atoms with Gasteiger partial charge in [-0.1, -0.05) is 15.9 Å². The lowest BCUT2D eigenvalue weighted by Crippen LogP contribution is -2.21. The first kappa shape index (κ1) is 13.2. The van der Waals surface area contributed by atoms with Crippen molar-refractivity contribution in [1.29, 1.82) is 0 Å². The minimum absolute atomic E-state index is 0.0927. The van der Waals surface area contributed by atoms with Gasteiger partial charge in [-0.15, -0.1) is 0 Å². The number of alkyl halides is 3. The number of rotatable bonds is 2. The lowest BCUT2D eigenvalue weighted by molar-refractivity contribution is -0.141. The third-order valence-corrected chi connectivity index (χ3v) is 3.51. The van der Waals surface area contributed by atoms with E-state index < -0.39 is 28.9 Å². The van der Waals surface area contributed by atoms with E-state index in [-0.39, 0.29) is 22.9 Å². The number of aliphatic carboxylic acids is 1. The third kappa shape index (κ3) is 1.96. The summed E-state index contributed by atoms with van der Waals surface area (Å²) in [5.74, 6) is -2.21. The zero-order valence-electron chi connectivity index (χ0n) is 8.88. The molecule has 0 atom stereocenters. The van der Waals surface area contributed by atoms with Gasteiger partial charge in [-0.25, -0.2) is 0 Å². The first-order valence-corrected chi connectivity index (χ1v) is 5.81. The zero-order chi connectivity index (χ0) is 13.7. The van der Waals surface area contributed by atoms with Crippen molar-refractivity contribution in [2.24, 2.45) is 0 Å². The molecule has 0 radical (unpaired) electrons. The molecule has 1 aromatic rings. The van der Waals surface area contributed by atoms with Crippen molar-refractivity contribution in [2.75, 3.05) is 0 Å². The Balaban J connectivity index is 2.64. The second-order valence-corrected chi connectivity index (χ2v) is 5.15. The van der Waals surface area contributed by atoms with Gasteiger partial charge in [0.05, 0.1) is 11.0 Å². The molecule has 0 saturated heterocycles. The molecule has 0 bridgehead atoms. The maximum atomic E-state index is 12.7. The Kier molecular flexibility index (Phi) is 2.84. The molecule has 1 fully saturated rings. The fraction of sp³-hybridized carbons (Fsp3) is 0.364. The average Bonchev–Trinajstić information content (AvgIpc) is 3.00. The van der Waals surface area contributed by atoms with Crippen LogP contribution >= 0.6 is 15.9 Å². The van der Waals surface area contributed by atoms with Crippen LogP contribution in [0.5, 0.6) is 5.75 Å². The number of halogens is 4. The SMILES string of the molecule is O=C(O)C1(c2cc(Br)cc(C(F)(F)F)c2O)CC1. The highest BCUT2D eigenvalue weighted by Gasteiger charge is 2.54. The number of benzene rings is 1. The van der Waals surface area contributed by atoms with Crippen molar-refractivity contribution in [3.05, 3.63) is 27.7 Å². The van der Waals surface area contributed by atoms with Crippen molar-refractivity contribution in [1.82, 2.24) is 0 Å². The molecule has 0 amide bonds. The van der Waals surface area contributed by atoms with Gasteiger partial charge in [-0.05, 0) is 25.0 Å². The van der Waals surface area contributed by atoms with Gasteiger partial charge in [0.1, 0.15) is 5.75 Å². The van der Waals surface area contributed by atoms with Crippen LogP contribution in [0, 0.1) is 0 Å². The zero-order valence-corrected chi connectivity index (χ0v) is 10.5. The molecule has 98 valence electrons. The van der Waals surface area contributed by atoms with Gasteiger partial charge >= 0.3 is 12.1 Å². The average molecular weight is 325 g/mol. The summed E-state index contributed by atoms with van der Waals surface area (Å²) in [6, 6.07) is 1.96. The molecule has 2 N–H and O–H groups in total. The van der Waals surface area contributed by atoms with E-state index in [0.717, 1.165) is 6.07 Å². The second-order valence-electron chi connectivity index (χ2n) is 4.23. The van der Waals surface area contributed by atoms with Gasteiger partial charge in [0.25, 0.3) is 0 Å². The Labute approximate surface area is 108 Å². The Morgan fingerprint density at radius 3 is 2.28 bits per heavy atom. The molecule has 0 unspecified atom stereocenters. The number of carbonyl (C=O) groups is 1. The van der Waals surface area contributed by atoms with Gasteiger partial charge < -0.3 is 10.2 Å². The van der Waals surface area contributed by atoms with Crippen LogP contribution in [-0.4, -0.2) is 16.2 Å². The van der Waals surface area contributed by atoms with E-state index in [1.807, 2.05) is 0 Å². The summed E-state index contributed by atoms with van der Waals surface area (Å²) >= 11 is 2.90. The van der Waals surface area contributed by atoms with Crippen molar-refractivity contribution in [2.45, 2.75) is 24.4 Å². The number of aromatic hydroxyl groups is 1. The molecule has 1 aliphatic carbocycles. The maximum Gasteiger partial charge on any atom is 0.420 e. The van der Waals surface area contributed by atoms with Crippen LogP contribution in [-0.2, 0) is 16.4 Å². The van der Waals surface area contributed by atoms with Crippen molar-refractivity contribution >= 4 is 21.9 Å². The smallest absolute Gasteiger partial charge is 0.420 e. The highest BCUT2D eigenvalue weighted by Crippen LogP contribution is 2.54. The standard InChI is InChI=1S/C11H8BrF3O3/c12-5-3-6(10(1-2-10)9(17)18)8(16)7(4-5)11(13,14)15/h3-4,16H,1-2H2,(H,17,18). The van der Waals surface area contributed by atoms with E-state index >= 15 is 0 Å². The molecule has 0 heterocycles. The lowest BCUT2D eigenvalue weighted by atomic mass is 9.93. The van der Waals surface area contributed by atoms with Crippen molar-refractivity contribution < 1.29 is 28.2 Å². The number of phenols is 1. The van der Waals surface area contributed by atoms with Crippen LogP contribution in [0.1, 0.15) is 24.0 Å². The predicted octanol–water partition coefficient (Wildman–Crippen LogP) is 3.29. The van der Waals surface area contributed by atoms with Gasteiger partial charge in [-0.3, -0.25) is 4.79 Å². The van der Waals surface area contributed by atoms with Crippen molar-refractivity contribution in [3.63, 3.8) is 0 Å². The first-order valence-electron chi connectivity index (χ1n) is 5.02. The number of phenolic OH excluding ortho intramolecular Hbond substituents is 1. The molecular formula is C11H8BrF3O3. The topological polar surface area (TPSA) is 57.5 Å². The third-order valence-electron chi connectivity index (χ3n) is 3.06. The number of hydrogen-bond acceptors (Lipinski definition) is 2. The minimum Gasteiger partial charge on any atom is -0.507 e. The van der Waals surface area contributed by atoms with E-state index in [1.165, 1.54) is 6.07 Å². The fourth-order valence-corrected chi connectivity index (χ4v) is 2.36. The minimum atomic E-state index is -4.73. The number of carboxylic acid groups (broad SMARTS) is 1. The monoisotopic (exact) mass is 324 g/mol. The first-order chi connectivity index (χ1) is 8.18. The van der Waals surface area contributed by atoms with E-state index in [9.17, 15) is 23.1 Å². The summed E-state index contributed by atoms with van der Waals surface area (Å²) in [4.78, 5) is 11.1. The number of carboxylic acids is 1. The Bertz CT molecular complexity index is 521. The predicted molar refractivity (Wildman–Crippen MR) is 59.4 cm³/mol. The largest absolute Gasteiger partial charge is 0.507 e. The molecule has 0 spiro atoms. The summed E-state index contributed by atoms with van der Waals surface area (Å²) in [5, 5.41) is 18.7. The highest BCUT2D eigenvalue weighted by molar-refractivity contribution is 9.10. The normalized spacial score (nSPS) is 17.6. The summed E-state index contributed by atoms with van der Waals surface area (Å²) in [6.45, 7) is 0. The van der Waals surface area contributed by atoms with Gasteiger partial charge in [0, 0.05) is 10.0 Å². The van der Waals surface area contributed by atoms with Crippen LogP contribution < -0.4 is 0 Å². The molecular weight excluding hydrogens is 317 g/mol. The summed E-state index contributed by atoms with van der Waals surface area (Å²) in [6.07, 6.45) is -4.27. The Morgan fingerprint density at radius 2 is 1.89 bits per heavy atom. The lowest BCUT2D eigenvalue weighted by Gasteiger charge is -2.17. The van der Waals surface area contributed by atoms with Gasteiger partial charge in [0.2, 0.25) is 0 Å². The van der Waals surface area contributed by atoms with E-state index in [4.69, 9.17) is 5.11 Å². The van der Waals surface area contributed by atoms with Crippen LogP contribution in [0.4, 0.5) is 13.2 Å². The van der Waals surface area contributed by atoms with Crippen LogP contribution in [0.3, 0.4) is 0 Å². The van der Waals surface area contributed by atoms with Gasteiger partial charge in [0.15, 0.2) is 0 Å². The van der Waals surface area contributed by atoms with Crippen LogP contribution in [0.2, 0.25) is 0 Å². The molecule has 2 rings (SSSR count). The van der Waals surface area contributed by atoms with Crippen LogP contribution in [0.25, 0.3) is 0 Å². The Hall–Kier alpha value is -1.24. The highest BCUT2D eigenvalue weighted by atomic mass is 79.9. The van der Waals surface area contributed by atoms with Gasteiger partial charge in [-0.2, -0.15) is 13.2 Å². The van der Waals surface area contributed by atoms with Crippen molar-refractivity contribution in [3.8, 4) is 5.75 Å². The molecule has 1 aliphatic rings. The van der Waals surface area contributed by atoms with Crippen LogP contribution in [0.15, 0.2) is 16.6 Å². The second kappa shape index (κ2) is 3.88. The molecule has 7 heteroatoms. The molecule has 1 saturated carbocycles. The van der Waals surface area contributed by atoms with E-state index in [1.54, 1.807) is 0 Å². The van der Waals surface area contributed by atoms with E-state index in [2.05, 4.69) is 15.9 Å². The molecule has 0 aromatic heterocycles. The van der Waals surface area contributed by atoms with E-state index in [0.29, 0.717) is 0 Å². The molecule has 0 aliphatic heterocycles. The maximum absolute atomic E-state index is 12.7. The fourth-order valence-electron chi connectivity index (χ4n) is 1.90. The summed E-state index contributed by atoms with van der Waals surface area (Å²) < 4.78 is 38.2. The quantitative estimate of drug-likeness (QED) is 0.877.